The van der Waals surface area contributed by atoms with Gasteiger partial charge in [0.1, 0.15) is 6.54 Å². The molecular weight excluding hydrogens is 328 g/mol. The van der Waals surface area contributed by atoms with Crippen LogP contribution in [0.1, 0.15) is 19.8 Å². The average molecular weight is 343 g/mol. The molecule has 0 saturated heterocycles. The highest BCUT2D eigenvalue weighted by Gasteiger charge is 2.32. The van der Waals surface area contributed by atoms with Gasteiger partial charge in [-0.05, 0) is 24.6 Å². The lowest BCUT2D eigenvalue weighted by Crippen LogP contribution is -2.42. The number of halogens is 5. The Morgan fingerprint density at radius 3 is 2.52 bits per heavy atom. The largest absolute Gasteiger partial charge is 0.406 e. The predicted octanol–water partition coefficient (Wildman–Crippen LogP) is 5.19. The van der Waals surface area contributed by atoms with Gasteiger partial charge in [0.25, 0.3) is 0 Å². The van der Waals surface area contributed by atoms with Crippen LogP contribution in [0.5, 0.6) is 0 Å². The number of urea groups is 1. The van der Waals surface area contributed by atoms with E-state index >= 15 is 0 Å². The van der Waals surface area contributed by atoms with Gasteiger partial charge in [0.2, 0.25) is 0 Å². The van der Waals surface area contributed by atoms with Crippen LogP contribution in [0.2, 0.25) is 10.0 Å². The second-order valence-corrected chi connectivity index (χ2v) is 5.29. The van der Waals surface area contributed by atoms with Gasteiger partial charge < -0.3 is 10.2 Å². The zero-order valence-corrected chi connectivity index (χ0v) is 12.8. The number of anilines is 1. The van der Waals surface area contributed by atoms with Gasteiger partial charge in [-0.3, -0.25) is 0 Å². The molecule has 0 radical (unpaired) electrons. The maximum atomic E-state index is 12.5. The van der Waals surface area contributed by atoms with Crippen LogP contribution in [-0.2, 0) is 0 Å². The number of nitrogens with one attached hydrogen (secondary N) is 1. The van der Waals surface area contributed by atoms with Gasteiger partial charge >= 0.3 is 12.2 Å². The van der Waals surface area contributed by atoms with E-state index in [2.05, 4.69) is 5.32 Å². The fraction of sp³-hybridized carbons (Fsp3) is 0.462. The molecular formula is C13H15Cl2F3N2O. The van der Waals surface area contributed by atoms with Gasteiger partial charge in [0.05, 0.1) is 10.7 Å². The second kappa shape index (κ2) is 7.75. The van der Waals surface area contributed by atoms with E-state index in [1.54, 1.807) is 0 Å². The number of carbonyl (C=O) groups is 1. The van der Waals surface area contributed by atoms with Crippen LogP contribution in [0.4, 0.5) is 23.7 Å². The van der Waals surface area contributed by atoms with Crippen molar-refractivity contribution in [3.63, 3.8) is 0 Å². The van der Waals surface area contributed by atoms with E-state index in [1.807, 2.05) is 6.92 Å². The maximum absolute atomic E-state index is 12.5. The van der Waals surface area contributed by atoms with Gasteiger partial charge in [-0.2, -0.15) is 13.2 Å². The number of benzene rings is 1. The Hall–Kier alpha value is -1.14. The minimum absolute atomic E-state index is 0.0209. The summed E-state index contributed by atoms with van der Waals surface area (Å²) in [7, 11) is 0. The van der Waals surface area contributed by atoms with Gasteiger partial charge in [-0.25, -0.2) is 4.79 Å². The van der Waals surface area contributed by atoms with Crippen molar-refractivity contribution in [2.24, 2.45) is 0 Å². The molecule has 0 aromatic heterocycles. The van der Waals surface area contributed by atoms with Crippen LogP contribution >= 0.6 is 23.2 Å². The molecule has 3 nitrogen and oxygen atoms in total. The van der Waals surface area contributed by atoms with Crippen LogP contribution in [0.15, 0.2) is 18.2 Å². The van der Waals surface area contributed by atoms with E-state index in [0.29, 0.717) is 22.8 Å². The summed E-state index contributed by atoms with van der Waals surface area (Å²) in [6.45, 7) is 0.552. The highest BCUT2D eigenvalue weighted by molar-refractivity contribution is 6.36. The Labute approximate surface area is 131 Å². The summed E-state index contributed by atoms with van der Waals surface area (Å²) >= 11 is 11.6. The zero-order chi connectivity index (χ0) is 16.0. The minimum atomic E-state index is -4.45. The SMILES string of the molecule is CCCCN(CC(F)(F)F)C(=O)Nc1ccc(Cl)cc1Cl. The molecule has 118 valence electrons. The number of rotatable bonds is 5. The van der Waals surface area contributed by atoms with E-state index in [1.165, 1.54) is 18.2 Å². The van der Waals surface area contributed by atoms with E-state index in [9.17, 15) is 18.0 Å². The fourth-order valence-electron chi connectivity index (χ4n) is 1.60. The van der Waals surface area contributed by atoms with Crippen LogP contribution in [0.3, 0.4) is 0 Å². The molecule has 2 amide bonds. The maximum Gasteiger partial charge on any atom is 0.406 e. The summed E-state index contributed by atoms with van der Waals surface area (Å²) in [5.41, 5.74) is 0.217. The topological polar surface area (TPSA) is 32.3 Å². The Morgan fingerprint density at radius 2 is 2.00 bits per heavy atom. The lowest BCUT2D eigenvalue weighted by molar-refractivity contribution is -0.139. The van der Waals surface area contributed by atoms with Gasteiger partial charge in [-0.15, -0.1) is 0 Å². The molecule has 0 unspecified atom stereocenters. The van der Waals surface area contributed by atoms with Crippen molar-refractivity contribution >= 4 is 34.9 Å². The van der Waals surface area contributed by atoms with Crippen LogP contribution in [-0.4, -0.2) is 30.2 Å². The number of unbranched alkanes of at least 4 members (excludes halogenated alkanes) is 1. The Morgan fingerprint density at radius 1 is 1.33 bits per heavy atom. The number of carbonyl (C=O) groups excluding carboxylic acids is 1. The summed E-state index contributed by atoms with van der Waals surface area (Å²) in [5, 5.41) is 2.90. The quantitative estimate of drug-likeness (QED) is 0.784. The predicted molar refractivity (Wildman–Crippen MR) is 78.0 cm³/mol. The molecule has 1 aromatic rings. The highest BCUT2D eigenvalue weighted by Crippen LogP contribution is 2.26. The molecule has 0 aliphatic rings. The first-order valence-electron chi connectivity index (χ1n) is 6.30. The Bertz CT molecular complexity index is 495. The number of hydrogen-bond acceptors (Lipinski definition) is 1. The van der Waals surface area contributed by atoms with Crippen molar-refractivity contribution < 1.29 is 18.0 Å². The van der Waals surface area contributed by atoms with Crippen molar-refractivity contribution in [2.45, 2.75) is 25.9 Å². The monoisotopic (exact) mass is 342 g/mol. The normalized spacial score (nSPS) is 11.3. The summed E-state index contributed by atoms with van der Waals surface area (Å²) in [5.74, 6) is 0. The van der Waals surface area contributed by atoms with Crippen molar-refractivity contribution in [1.82, 2.24) is 4.90 Å². The Kier molecular flexibility index (Phi) is 6.61. The first-order chi connectivity index (χ1) is 9.73. The standard InChI is InChI=1S/C13H15Cl2F3N2O/c1-2-3-6-20(8-13(16,17)18)12(21)19-11-5-4-9(14)7-10(11)15/h4-5,7H,2-3,6,8H2,1H3,(H,19,21). The molecule has 0 saturated carbocycles. The fourth-order valence-corrected chi connectivity index (χ4v) is 2.06. The number of amides is 2. The highest BCUT2D eigenvalue weighted by atomic mass is 35.5. The van der Waals surface area contributed by atoms with Crippen molar-refractivity contribution in [3.8, 4) is 0 Å². The minimum Gasteiger partial charge on any atom is -0.315 e. The average Bonchev–Trinajstić information content (AvgIpc) is 2.36. The zero-order valence-electron chi connectivity index (χ0n) is 11.3. The van der Waals surface area contributed by atoms with Crippen LogP contribution < -0.4 is 5.32 Å². The van der Waals surface area contributed by atoms with E-state index in [0.717, 1.165) is 0 Å². The first kappa shape index (κ1) is 17.9. The molecule has 1 rings (SSSR count). The number of nitrogens with zero attached hydrogens (tertiary/aromatic N) is 1. The molecule has 0 aliphatic heterocycles. The van der Waals surface area contributed by atoms with E-state index in [-0.39, 0.29) is 17.3 Å². The van der Waals surface area contributed by atoms with Crippen molar-refractivity contribution in [1.29, 1.82) is 0 Å². The van der Waals surface area contributed by atoms with E-state index < -0.39 is 18.8 Å². The van der Waals surface area contributed by atoms with Crippen molar-refractivity contribution in [2.75, 3.05) is 18.4 Å². The summed E-state index contributed by atoms with van der Waals surface area (Å²) < 4.78 is 37.5. The van der Waals surface area contributed by atoms with Crippen LogP contribution in [0, 0.1) is 0 Å². The Balaban J connectivity index is 2.79. The van der Waals surface area contributed by atoms with Gasteiger partial charge in [0, 0.05) is 11.6 Å². The molecule has 0 fully saturated rings. The van der Waals surface area contributed by atoms with Gasteiger partial charge in [0.15, 0.2) is 0 Å². The second-order valence-electron chi connectivity index (χ2n) is 4.44. The summed E-state index contributed by atoms with van der Waals surface area (Å²) in [4.78, 5) is 12.7. The molecule has 0 bridgehead atoms. The third kappa shape index (κ3) is 6.44. The molecule has 21 heavy (non-hydrogen) atoms. The molecule has 8 heteroatoms. The molecule has 1 aromatic carbocycles. The van der Waals surface area contributed by atoms with Crippen molar-refractivity contribution in [3.05, 3.63) is 28.2 Å². The summed E-state index contributed by atoms with van der Waals surface area (Å²) in [6.07, 6.45) is -3.28. The summed E-state index contributed by atoms with van der Waals surface area (Å²) in [6, 6.07) is 3.49. The molecule has 0 spiro atoms. The molecule has 0 atom stereocenters. The smallest absolute Gasteiger partial charge is 0.315 e. The molecule has 0 heterocycles. The first-order valence-corrected chi connectivity index (χ1v) is 7.06. The molecule has 1 N–H and O–H groups in total. The lowest BCUT2D eigenvalue weighted by Gasteiger charge is -2.24. The van der Waals surface area contributed by atoms with Crippen LogP contribution in [0.25, 0.3) is 0 Å². The third-order valence-corrected chi connectivity index (χ3v) is 3.16. The molecule has 0 aliphatic carbocycles. The van der Waals surface area contributed by atoms with Gasteiger partial charge in [-0.1, -0.05) is 36.5 Å². The van der Waals surface area contributed by atoms with E-state index in [4.69, 9.17) is 23.2 Å². The number of alkyl halides is 3. The lowest BCUT2D eigenvalue weighted by atomic mass is 10.3. The third-order valence-electron chi connectivity index (χ3n) is 2.61. The number of hydrogen-bond donors (Lipinski definition) is 1.